The molecule has 1 aromatic carbocycles. The predicted molar refractivity (Wildman–Crippen MR) is 105 cm³/mol. The number of nitrogens with zero attached hydrogens (tertiary/aromatic N) is 3. The molecule has 2 heterocycles. The molecule has 3 aromatic rings. The van der Waals surface area contributed by atoms with Gasteiger partial charge >= 0.3 is 0 Å². The van der Waals surface area contributed by atoms with Gasteiger partial charge in [0, 0.05) is 26.7 Å². The molecular weight excluding hydrogens is 354 g/mol. The molecule has 2 aromatic heterocycles. The largest absolute Gasteiger partial charge is 0.496 e. The van der Waals surface area contributed by atoms with Crippen LogP contribution in [-0.4, -0.2) is 44.0 Å². The van der Waals surface area contributed by atoms with Gasteiger partial charge in [-0.1, -0.05) is 29.5 Å². The van der Waals surface area contributed by atoms with Crippen molar-refractivity contribution in [1.29, 1.82) is 0 Å². The number of carbonyl (C=O) groups is 1. The molecule has 3 rings (SSSR count). The molecule has 0 N–H and O–H groups in total. The van der Waals surface area contributed by atoms with E-state index in [1.54, 1.807) is 23.3 Å². The molecule has 5 nitrogen and oxygen atoms in total. The Hall–Kier alpha value is -2.12. The first-order valence-corrected chi connectivity index (χ1v) is 9.53. The Bertz CT molecular complexity index is 869. The van der Waals surface area contributed by atoms with Gasteiger partial charge in [-0.05, 0) is 19.1 Å². The number of fused-ring (bicyclic) bond motifs is 1. The second-order valence-electron chi connectivity index (χ2n) is 6.00. The van der Waals surface area contributed by atoms with Crippen molar-refractivity contribution in [3.8, 4) is 5.75 Å². The molecule has 0 unspecified atom stereocenters. The molecule has 0 radical (unpaired) electrons. The van der Waals surface area contributed by atoms with Crippen molar-refractivity contribution in [2.45, 2.75) is 13.0 Å². The number of amides is 1. The molecule has 0 fully saturated rings. The number of hydrogen-bond donors (Lipinski definition) is 0. The molecule has 0 saturated heterocycles. The first-order valence-electron chi connectivity index (χ1n) is 7.90. The molecule has 0 aliphatic heterocycles. The van der Waals surface area contributed by atoms with Gasteiger partial charge in [0.25, 0.3) is 5.91 Å². The SMILES string of the molecule is COc1ccccc1[C@@H](C)N(C)C(=O)c1cc2sc(N(C)C)nc2s1. The number of hydrogen-bond acceptors (Lipinski definition) is 6. The number of thiophene rings is 1. The first-order chi connectivity index (χ1) is 11.9. The minimum absolute atomic E-state index is 0.00000850. The number of carbonyl (C=O) groups excluding carboxylic acids is 1. The van der Waals surface area contributed by atoms with Crippen LogP contribution in [0.5, 0.6) is 5.75 Å². The number of para-hydroxylation sites is 1. The average Bonchev–Trinajstić information content (AvgIpc) is 3.18. The van der Waals surface area contributed by atoms with Crippen molar-refractivity contribution in [2.75, 3.05) is 33.2 Å². The van der Waals surface area contributed by atoms with E-state index in [1.165, 1.54) is 11.3 Å². The zero-order chi connectivity index (χ0) is 18.1. The second-order valence-corrected chi connectivity index (χ2v) is 8.04. The Kier molecular flexibility index (Phi) is 4.96. The highest BCUT2D eigenvalue weighted by atomic mass is 32.1. The number of ether oxygens (including phenoxy) is 1. The van der Waals surface area contributed by atoms with Gasteiger partial charge in [0.1, 0.15) is 10.6 Å². The number of thiazole rings is 1. The highest BCUT2D eigenvalue weighted by Gasteiger charge is 2.23. The van der Waals surface area contributed by atoms with E-state index < -0.39 is 0 Å². The summed E-state index contributed by atoms with van der Waals surface area (Å²) in [6.45, 7) is 2.01. The van der Waals surface area contributed by atoms with Crippen LogP contribution in [-0.2, 0) is 0 Å². The van der Waals surface area contributed by atoms with Gasteiger partial charge in [0.15, 0.2) is 5.13 Å². The summed E-state index contributed by atoms with van der Waals surface area (Å²) in [6.07, 6.45) is 0. The summed E-state index contributed by atoms with van der Waals surface area (Å²) in [4.78, 5) is 22.8. The molecule has 0 aliphatic rings. The number of anilines is 1. The summed E-state index contributed by atoms with van der Waals surface area (Å²) in [6, 6.07) is 9.65. The van der Waals surface area contributed by atoms with E-state index in [-0.39, 0.29) is 11.9 Å². The Morgan fingerprint density at radius 1 is 1.20 bits per heavy atom. The Morgan fingerprint density at radius 2 is 1.92 bits per heavy atom. The summed E-state index contributed by atoms with van der Waals surface area (Å²) in [5.41, 5.74) is 0.993. The third-order valence-corrected chi connectivity index (χ3v) is 6.48. The van der Waals surface area contributed by atoms with Crippen LogP contribution in [0.1, 0.15) is 28.2 Å². The quantitative estimate of drug-likeness (QED) is 0.668. The lowest BCUT2D eigenvalue weighted by atomic mass is 10.1. The lowest BCUT2D eigenvalue weighted by Gasteiger charge is -2.26. The fourth-order valence-electron chi connectivity index (χ4n) is 2.59. The third kappa shape index (κ3) is 3.34. The molecule has 7 heteroatoms. The molecule has 0 spiro atoms. The molecule has 0 saturated carbocycles. The van der Waals surface area contributed by atoms with Crippen LogP contribution in [0.3, 0.4) is 0 Å². The minimum atomic E-state index is -0.0888. The third-order valence-electron chi connectivity index (χ3n) is 4.16. The van der Waals surface area contributed by atoms with Crippen molar-refractivity contribution in [3.05, 3.63) is 40.8 Å². The number of benzene rings is 1. The molecule has 1 amide bonds. The molecule has 0 bridgehead atoms. The summed E-state index contributed by atoms with van der Waals surface area (Å²) in [5, 5.41) is 0.955. The van der Waals surface area contributed by atoms with E-state index >= 15 is 0 Å². The van der Waals surface area contributed by atoms with Gasteiger partial charge in [-0.25, -0.2) is 4.98 Å². The number of methoxy groups -OCH3 is 1. The van der Waals surface area contributed by atoms with Gasteiger partial charge < -0.3 is 14.5 Å². The van der Waals surface area contributed by atoms with Crippen molar-refractivity contribution in [1.82, 2.24) is 9.88 Å². The fraction of sp³-hybridized carbons (Fsp3) is 0.333. The van der Waals surface area contributed by atoms with Crippen molar-refractivity contribution in [2.24, 2.45) is 0 Å². The average molecular weight is 376 g/mol. The standard InChI is InChI=1S/C18H21N3O2S2/c1-11(12-8-6-7-9-13(12)23-5)21(4)17(22)15-10-14-16(24-15)19-18(25-14)20(2)3/h6-11H,1-5H3/t11-/m1/s1. The van der Waals surface area contributed by atoms with Gasteiger partial charge in [-0.3, -0.25) is 4.79 Å². The molecular formula is C18H21N3O2S2. The zero-order valence-electron chi connectivity index (χ0n) is 14.9. The maximum absolute atomic E-state index is 12.9. The van der Waals surface area contributed by atoms with Crippen LogP contribution < -0.4 is 9.64 Å². The Balaban J connectivity index is 1.85. The molecule has 1 atom stereocenters. The summed E-state index contributed by atoms with van der Waals surface area (Å²) >= 11 is 3.05. The topological polar surface area (TPSA) is 45.7 Å². The molecule has 132 valence electrons. The number of aromatic nitrogens is 1. The van der Waals surface area contributed by atoms with E-state index in [1.807, 2.05) is 63.3 Å². The Labute approximate surface area is 155 Å². The predicted octanol–water partition coefficient (Wildman–Crippen LogP) is 4.27. The van der Waals surface area contributed by atoms with Crippen LogP contribution in [0.2, 0.25) is 0 Å². The van der Waals surface area contributed by atoms with Crippen LogP contribution in [0, 0.1) is 0 Å². The lowest BCUT2D eigenvalue weighted by Crippen LogP contribution is -2.29. The van der Waals surface area contributed by atoms with Gasteiger partial charge in [0.05, 0.1) is 22.7 Å². The van der Waals surface area contributed by atoms with Crippen LogP contribution in [0.15, 0.2) is 30.3 Å². The maximum atomic E-state index is 12.9. The highest BCUT2D eigenvalue weighted by Crippen LogP contribution is 2.35. The van der Waals surface area contributed by atoms with Crippen LogP contribution in [0.4, 0.5) is 5.13 Å². The lowest BCUT2D eigenvalue weighted by molar-refractivity contribution is 0.0746. The highest BCUT2D eigenvalue weighted by molar-refractivity contribution is 7.29. The van der Waals surface area contributed by atoms with E-state index in [4.69, 9.17) is 4.74 Å². The summed E-state index contributed by atoms with van der Waals surface area (Å²) in [5.74, 6) is 0.791. The van der Waals surface area contributed by atoms with E-state index in [9.17, 15) is 4.79 Å². The fourth-order valence-corrected chi connectivity index (χ4v) is 4.71. The zero-order valence-corrected chi connectivity index (χ0v) is 16.6. The van der Waals surface area contributed by atoms with Crippen molar-refractivity contribution in [3.63, 3.8) is 0 Å². The van der Waals surface area contributed by atoms with Gasteiger partial charge in [-0.15, -0.1) is 11.3 Å². The summed E-state index contributed by atoms with van der Waals surface area (Å²) in [7, 11) is 7.41. The van der Waals surface area contributed by atoms with E-state index in [2.05, 4.69) is 4.98 Å². The van der Waals surface area contributed by atoms with Gasteiger partial charge in [-0.2, -0.15) is 0 Å². The van der Waals surface area contributed by atoms with Crippen molar-refractivity contribution < 1.29 is 9.53 Å². The maximum Gasteiger partial charge on any atom is 0.264 e. The molecule has 0 aliphatic carbocycles. The van der Waals surface area contributed by atoms with E-state index in [0.717, 1.165) is 26.0 Å². The van der Waals surface area contributed by atoms with Crippen LogP contribution >= 0.6 is 22.7 Å². The Morgan fingerprint density at radius 3 is 2.56 bits per heavy atom. The molecule has 25 heavy (non-hydrogen) atoms. The normalized spacial score (nSPS) is 12.2. The number of rotatable bonds is 5. The smallest absolute Gasteiger partial charge is 0.264 e. The minimum Gasteiger partial charge on any atom is -0.496 e. The second kappa shape index (κ2) is 7.01. The first kappa shape index (κ1) is 17.7. The van der Waals surface area contributed by atoms with E-state index in [0.29, 0.717) is 4.88 Å². The van der Waals surface area contributed by atoms with Crippen LogP contribution in [0.25, 0.3) is 9.53 Å². The van der Waals surface area contributed by atoms with Crippen molar-refractivity contribution >= 4 is 43.2 Å². The monoisotopic (exact) mass is 375 g/mol. The van der Waals surface area contributed by atoms with Gasteiger partial charge in [0.2, 0.25) is 0 Å². The summed E-state index contributed by atoms with van der Waals surface area (Å²) < 4.78 is 6.48.